The first-order valence-corrected chi connectivity index (χ1v) is 16.4. The summed E-state index contributed by atoms with van der Waals surface area (Å²) in [6.07, 6.45) is 5.80. The van der Waals surface area contributed by atoms with Gasteiger partial charge in [0.15, 0.2) is 0 Å². The quantitative estimate of drug-likeness (QED) is 0.195. The van der Waals surface area contributed by atoms with E-state index in [1.165, 1.54) is 0 Å². The van der Waals surface area contributed by atoms with Crippen LogP contribution in [0.5, 0.6) is 0 Å². The third kappa shape index (κ3) is 10.8. The van der Waals surface area contributed by atoms with Crippen molar-refractivity contribution in [2.45, 2.75) is 124 Å². The van der Waals surface area contributed by atoms with Crippen molar-refractivity contribution in [1.29, 1.82) is 0 Å². The Labute approximate surface area is 272 Å². The SMILES string of the molecule is C=C(C)/C(=C\C=C/C)[C@H](O)[C@@H](C)NC(=O)[C@H](C)[C@@H](OC)[C@@H]1CCCN1C(=O)C[C@@H](OC)[C@H]([C@@H](C)CC)N(C)C(=O)[C@@H](N)C(C)C. The summed E-state index contributed by atoms with van der Waals surface area (Å²) >= 11 is 0. The molecule has 0 aromatic heterocycles. The number of nitrogens with zero attached hydrogens (tertiary/aromatic N) is 2. The number of allylic oxidation sites excluding steroid dienone is 3. The van der Waals surface area contributed by atoms with E-state index in [1.807, 2.05) is 39.8 Å². The number of aliphatic hydroxyl groups is 1. The standard InChI is InChI=1S/C35H62N4O6/c1-13-15-17-26(21(3)4)32(41)25(9)37-34(42)24(8)33(45-12)27-18-16-19-39(27)29(40)20-28(44-11)31(23(7)14-2)38(10)35(43)30(36)22(5)6/h13,15,17,22-25,27-28,30-33,41H,3,14,16,18-20,36H2,1-2,4-12H3,(H,37,42)/b15-13-,26-17+/t23-,24+,25+,27-,28+,30-,31-,32+,33+/m0/s1. The molecule has 0 saturated carbocycles. The van der Waals surface area contributed by atoms with E-state index in [0.717, 1.165) is 12.8 Å². The van der Waals surface area contributed by atoms with E-state index in [9.17, 15) is 19.5 Å². The van der Waals surface area contributed by atoms with Crippen molar-refractivity contribution >= 4 is 17.7 Å². The molecule has 45 heavy (non-hydrogen) atoms. The zero-order valence-corrected chi connectivity index (χ0v) is 29.7. The average Bonchev–Trinajstić information content (AvgIpc) is 3.49. The van der Waals surface area contributed by atoms with Crippen molar-refractivity contribution in [3.05, 3.63) is 36.0 Å². The Morgan fingerprint density at radius 2 is 1.78 bits per heavy atom. The van der Waals surface area contributed by atoms with Gasteiger partial charge in [-0.05, 0) is 51.0 Å². The Balaban J connectivity index is 3.14. The van der Waals surface area contributed by atoms with Crippen LogP contribution in [0.15, 0.2) is 36.0 Å². The van der Waals surface area contributed by atoms with Crippen LogP contribution in [0, 0.1) is 17.8 Å². The molecular weight excluding hydrogens is 572 g/mol. The van der Waals surface area contributed by atoms with Crippen LogP contribution in [0.25, 0.3) is 0 Å². The highest BCUT2D eigenvalue weighted by atomic mass is 16.5. The van der Waals surface area contributed by atoms with E-state index < -0.39 is 36.3 Å². The van der Waals surface area contributed by atoms with Gasteiger partial charge in [0.25, 0.3) is 0 Å². The van der Waals surface area contributed by atoms with E-state index in [2.05, 4.69) is 25.7 Å². The molecule has 10 heteroatoms. The van der Waals surface area contributed by atoms with Crippen LogP contribution in [-0.4, -0.2) is 103 Å². The molecule has 0 aromatic carbocycles. The van der Waals surface area contributed by atoms with Crippen LogP contribution in [-0.2, 0) is 23.9 Å². The normalized spacial score (nSPS) is 21.2. The van der Waals surface area contributed by atoms with Crippen molar-refractivity contribution in [2.24, 2.45) is 23.5 Å². The lowest BCUT2D eigenvalue weighted by molar-refractivity contribution is -0.146. The minimum Gasteiger partial charge on any atom is -0.386 e. The first-order valence-electron chi connectivity index (χ1n) is 16.4. The smallest absolute Gasteiger partial charge is 0.239 e. The summed E-state index contributed by atoms with van der Waals surface area (Å²) in [7, 11) is 4.87. The largest absolute Gasteiger partial charge is 0.386 e. The molecule has 0 aliphatic carbocycles. The number of hydrogen-bond acceptors (Lipinski definition) is 7. The molecule has 1 rings (SSSR count). The van der Waals surface area contributed by atoms with Crippen LogP contribution < -0.4 is 11.1 Å². The number of amides is 3. The van der Waals surface area contributed by atoms with Crippen molar-refractivity contribution in [3.8, 4) is 0 Å². The summed E-state index contributed by atoms with van der Waals surface area (Å²) in [6.45, 7) is 19.7. The van der Waals surface area contributed by atoms with E-state index in [4.69, 9.17) is 15.2 Å². The van der Waals surface area contributed by atoms with Crippen LogP contribution in [0.2, 0.25) is 0 Å². The fourth-order valence-corrected chi connectivity index (χ4v) is 6.22. The van der Waals surface area contributed by atoms with Gasteiger partial charge in [0.1, 0.15) is 0 Å². The van der Waals surface area contributed by atoms with Crippen LogP contribution in [0.4, 0.5) is 0 Å². The van der Waals surface area contributed by atoms with Crippen molar-refractivity contribution in [1.82, 2.24) is 15.1 Å². The van der Waals surface area contributed by atoms with Gasteiger partial charge in [0.2, 0.25) is 17.7 Å². The fraction of sp³-hybridized carbons (Fsp3) is 0.743. The Morgan fingerprint density at radius 1 is 1.16 bits per heavy atom. The number of likely N-dealkylation sites (tertiary alicyclic amines) is 1. The maximum atomic E-state index is 13.9. The summed E-state index contributed by atoms with van der Waals surface area (Å²) in [5.74, 6) is -1.10. The maximum absolute atomic E-state index is 13.9. The number of carbonyl (C=O) groups excluding carboxylic acids is 3. The second kappa shape index (κ2) is 19.2. The molecule has 1 saturated heterocycles. The average molecular weight is 635 g/mol. The van der Waals surface area contributed by atoms with Crippen LogP contribution in [0.1, 0.15) is 81.1 Å². The predicted molar refractivity (Wildman–Crippen MR) is 180 cm³/mol. The second-order valence-corrected chi connectivity index (χ2v) is 13.0. The van der Waals surface area contributed by atoms with Crippen LogP contribution in [0.3, 0.4) is 0 Å². The Kier molecular flexibility index (Phi) is 17.3. The Bertz CT molecular complexity index is 1040. The Morgan fingerprint density at radius 3 is 2.27 bits per heavy atom. The summed E-state index contributed by atoms with van der Waals surface area (Å²) in [4.78, 5) is 44.0. The number of likely N-dealkylation sites (N-methyl/N-ethyl adjacent to an activating group) is 1. The minimum atomic E-state index is -0.940. The van der Waals surface area contributed by atoms with E-state index in [-0.39, 0.29) is 48.1 Å². The molecule has 1 aliphatic heterocycles. The van der Waals surface area contributed by atoms with Gasteiger partial charge in [-0.1, -0.05) is 71.4 Å². The molecule has 3 amide bonds. The highest BCUT2D eigenvalue weighted by Crippen LogP contribution is 2.29. The fourth-order valence-electron chi connectivity index (χ4n) is 6.22. The molecule has 1 heterocycles. The molecule has 1 aliphatic rings. The van der Waals surface area contributed by atoms with E-state index in [0.29, 0.717) is 24.1 Å². The zero-order valence-electron chi connectivity index (χ0n) is 29.7. The van der Waals surface area contributed by atoms with Gasteiger partial charge in [-0.3, -0.25) is 14.4 Å². The summed E-state index contributed by atoms with van der Waals surface area (Å²) < 4.78 is 11.8. The number of nitrogens with one attached hydrogen (secondary N) is 1. The van der Waals surface area contributed by atoms with Gasteiger partial charge in [-0.2, -0.15) is 0 Å². The first-order chi connectivity index (χ1) is 21.1. The summed E-state index contributed by atoms with van der Waals surface area (Å²) in [6, 6.07) is -1.87. The van der Waals surface area contributed by atoms with Gasteiger partial charge in [0, 0.05) is 27.8 Å². The molecule has 0 aromatic rings. The first kappa shape index (κ1) is 40.5. The summed E-state index contributed by atoms with van der Waals surface area (Å²) in [5, 5.41) is 13.9. The van der Waals surface area contributed by atoms with E-state index in [1.54, 1.807) is 51.0 Å². The second-order valence-electron chi connectivity index (χ2n) is 13.0. The number of rotatable bonds is 18. The lowest BCUT2D eigenvalue weighted by atomic mass is 9.89. The molecule has 0 radical (unpaired) electrons. The van der Waals surface area contributed by atoms with Gasteiger partial charge >= 0.3 is 0 Å². The number of hydrogen-bond donors (Lipinski definition) is 3. The summed E-state index contributed by atoms with van der Waals surface area (Å²) in [5.41, 5.74) is 7.58. The van der Waals surface area contributed by atoms with Gasteiger partial charge in [-0.25, -0.2) is 0 Å². The lowest BCUT2D eigenvalue weighted by Crippen LogP contribution is -2.56. The van der Waals surface area contributed by atoms with Crippen LogP contribution >= 0.6 is 0 Å². The van der Waals surface area contributed by atoms with Crippen molar-refractivity contribution < 1.29 is 29.0 Å². The highest BCUT2D eigenvalue weighted by molar-refractivity contribution is 5.83. The molecule has 10 nitrogen and oxygen atoms in total. The van der Waals surface area contributed by atoms with Crippen molar-refractivity contribution in [3.63, 3.8) is 0 Å². The number of aliphatic hydroxyl groups excluding tert-OH is 1. The molecule has 0 unspecified atom stereocenters. The molecule has 1 fully saturated rings. The molecular formula is C35H62N4O6. The molecule has 0 bridgehead atoms. The monoisotopic (exact) mass is 634 g/mol. The predicted octanol–water partition coefficient (Wildman–Crippen LogP) is 3.83. The third-order valence-corrected chi connectivity index (χ3v) is 9.39. The molecule has 9 atom stereocenters. The highest BCUT2D eigenvalue weighted by Gasteiger charge is 2.42. The third-order valence-electron chi connectivity index (χ3n) is 9.39. The van der Waals surface area contributed by atoms with Gasteiger partial charge in [0.05, 0.1) is 54.8 Å². The molecule has 0 spiro atoms. The minimum absolute atomic E-state index is 0.0234. The number of carbonyl (C=O) groups is 3. The molecule has 4 N–H and O–H groups in total. The van der Waals surface area contributed by atoms with Gasteiger partial charge in [-0.15, -0.1) is 0 Å². The zero-order chi connectivity index (χ0) is 34.6. The lowest BCUT2D eigenvalue weighted by Gasteiger charge is -2.40. The number of nitrogens with two attached hydrogens (primary N) is 1. The number of ether oxygens (including phenoxy) is 2. The maximum Gasteiger partial charge on any atom is 0.239 e. The van der Waals surface area contributed by atoms with E-state index >= 15 is 0 Å². The molecule has 258 valence electrons. The van der Waals surface area contributed by atoms with Crippen molar-refractivity contribution in [2.75, 3.05) is 27.8 Å². The van der Waals surface area contributed by atoms with Gasteiger partial charge < -0.3 is 35.4 Å². The Hall–Kier alpha value is -2.53. The topological polar surface area (TPSA) is 134 Å². The number of methoxy groups -OCH3 is 2.